The van der Waals surface area contributed by atoms with Crippen molar-refractivity contribution in [2.75, 3.05) is 11.9 Å². The molecule has 0 saturated heterocycles. The Morgan fingerprint density at radius 1 is 1.25 bits per heavy atom. The van der Waals surface area contributed by atoms with Gasteiger partial charge in [-0.2, -0.15) is 0 Å². The van der Waals surface area contributed by atoms with Gasteiger partial charge in [-0.05, 0) is 23.8 Å². The molecule has 0 atom stereocenters. The van der Waals surface area contributed by atoms with Crippen LogP contribution >= 0.6 is 0 Å². The first kappa shape index (κ1) is 10.8. The third-order valence-electron chi connectivity index (χ3n) is 2.59. The topological polar surface area (TPSA) is 42.4 Å². The highest BCUT2D eigenvalue weighted by Crippen LogP contribution is 2.17. The predicted octanol–water partition coefficient (Wildman–Crippen LogP) is 2.37. The van der Waals surface area contributed by atoms with Crippen molar-refractivity contribution in [1.29, 1.82) is 0 Å². The van der Waals surface area contributed by atoms with Gasteiger partial charge in [-0.25, -0.2) is 0 Å². The first-order valence-corrected chi connectivity index (χ1v) is 5.31. The summed E-state index contributed by atoms with van der Waals surface area (Å²) in [4.78, 5) is 2.17. The average Bonchev–Trinajstić information content (AvgIpc) is 2.82. The first-order chi connectivity index (χ1) is 7.79. The maximum Gasteiger partial charge on any atom is 0.0952 e. The van der Waals surface area contributed by atoms with Gasteiger partial charge in [0.05, 0.1) is 12.5 Å². The summed E-state index contributed by atoms with van der Waals surface area (Å²) >= 11 is 0. The van der Waals surface area contributed by atoms with Gasteiger partial charge in [0.25, 0.3) is 0 Å². The maximum absolute atomic E-state index is 5.62. The minimum absolute atomic E-state index is 0.577. The number of anilines is 1. The van der Waals surface area contributed by atoms with Crippen LogP contribution in [0, 0.1) is 0 Å². The number of nitrogens with zero attached hydrogens (tertiary/aromatic N) is 1. The number of benzene rings is 1. The van der Waals surface area contributed by atoms with Crippen LogP contribution in [0.1, 0.15) is 11.1 Å². The molecule has 3 heteroatoms. The Morgan fingerprint density at radius 3 is 2.81 bits per heavy atom. The van der Waals surface area contributed by atoms with Crippen molar-refractivity contribution in [3.05, 3.63) is 54.0 Å². The Balaban J connectivity index is 2.11. The Hall–Kier alpha value is -1.74. The fourth-order valence-corrected chi connectivity index (χ4v) is 1.67. The lowest BCUT2D eigenvalue weighted by Crippen LogP contribution is -2.16. The highest BCUT2D eigenvalue weighted by atomic mass is 16.3. The van der Waals surface area contributed by atoms with E-state index in [1.54, 1.807) is 12.5 Å². The van der Waals surface area contributed by atoms with Crippen molar-refractivity contribution in [3.63, 3.8) is 0 Å². The minimum atomic E-state index is 0.577. The standard InChI is InChI=1S/C13H16N2O/c1-15(9-12-5-6-16-10-12)13-4-2-3-11(7-13)8-14/h2-7,10H,8-9,14H2,1H3. The fourth-order valence-electron chi connectivity index (χ4n) is 1.67. The SMILES string of the molecule is CN(Cc1ccoc1)c1cccc(CN)c1. The summed E-state index contributed by atoms with van der Waals surface area (Å²) in [5.74, 6) is 0. The molecule has 0 saturated carbocycles. The highest BCUT2D eigenvalue weighted by Gasteiger charge is 2.03. The fraction of sp³-hybridized carbons (Fsp3) is 0.231. The molecular weight excluding hydrogens is 200 g/mol. The zero-order chi connectivity index (χ0) is 11.4. The van der Waals surface area contributed by atoms with Crippen LogP contribution in [0.3, 0.4) is 0 Å². The van der Waals surface area contributed by atoms with Crippen molar-refractivity contribution >= 4 is 5.69 Å². The van der Waals surface area contributed by atoms with E-state index in [4.69, 9.17) is 10.2 Å². The maximum atomic E-state index is 5.62. The molecule has 1 aromatic heterocycles. The first-order valence-electron chi connectivity index (χ1n) is 5.31. The van der Waals surface area contributed by atoms with Crippen LogP contribution in [0.4, 0.5) is 5.69 Å². The number of hydrogen-bond acceptors (Lipinski definition) is 3. The molecule has 0 bridgehead atoms. The molecule has 0 aliphatic heterocycles. The molecule has 0 aliphatic carbocycles. The zero-order valence-electron chi connectivity index (χ0n) is 9.39. The molecular formula is C13H16N2O. The quantitative estimate of drug-likeness (QED) is 0.853. The highest BCUT2D eigenvalue weighted by molar-refractivity contribution is 5.48. The van der Waals surface area contributed by atoms with Gasteiger partial charge >= 0.3 is 0 Å². The smallest absolute Gasteiger partial charge is 0.0952 e. The van der Waals surface area contributed by atoms with Crippen LogP contribution < -0.4 is 10.6 Å². The van der Waals surface area contributed by atoms with E-state index in [9.17, 15) is 0 Å². The van der Waals surface area contributed by atoms with Gasteiger partial charge < -0.3 is 15.1 Å². The summed E-state index contributed by atoms with van der Waals surface area (Å²) in [6, 6.07) is 10.2. The average molecular weight is 216 g/mol. The Labute approximate surface area is 95.5 Å². The summed E-state index contributed by atoms with van der Waals surface area (Å²) < 4.78 is 5.05. The Kier molecular flexibility index (Phi) is 3.27. The third kappa shape index (κ3) is 2.44. The monoisotopic (exact) mass is 216 g/mol. The summed E-state index contributed by atoms with van der Waals surface area (Å²) in [5, 5.41) is 0. The summed E-state index contributed by atoms with van der Waals surface area (Å²) in [7, 11) is 2.06. The van der Waals surface area contributed by atoms with Crippen LogP contribution in [-0.2, 0) is 13.1 Å². The second kappa shape index (κ2) is 4.86. The lowest BCUT2D eigenvalue weighted by Gasteiger charge is -2.19. The molecule has 1 heterocycles. The minimum Gasteiger partial charge on any atom is -0.472 e. The largest absolute Gasteiger partial charge is 0.472 e. The lowest BCUT2D eigenvalue weighted by atomic mass is 10.2. The normalized spacial score (nSPS) is 10.4. The van der Waals surface area contributed by atoms with Crippen molar-refractivity contribution in [2.45, 2.75) is 13.1 Å². The van der Waals surface area contributed by atoms with E-state index in [2.05, 4.69) is 24.1 Å². The summed E-state index contributed by atoms with van der Waals surface area (Å²) in [6.07, 6.45) is 3.46. The molecule has 1 aromatic carbocycles. The van der Waals surface area contributed by atoms with Gasteiger partial charge in [0.15, 0.2) is 0 Å². The molecule has 2 N–H and O–H groups in total. The number of furan rings is 1. The number of nitrogens with two attached hydrogens (primary N) is 1. The number of rotatable bonds is 4. The molecule has 84 valence electrons. The van der Waals surface area contributed by atoms with E-state index in [1.807, 2.05) is 18.2 Å². The van der Waals surface area contributed by atoms with E-state index < -0.39 is 0 Å². The van der Waals surface area contributed by atoms with E-state index in [0.717, 1.165) is 12.1 Å². The Morgan fingerprint density at radius 2 is 2.12 bits per heavy atom. The molecule has 0 amide bonds. The van der Waals surface area contributed by atoms with Gasteiger partial charge in [0.2, 0.25) is 0 Å². The molecule has 0 radical (unpaired) electrons. The van der Waals surface area contributed by atoms with Crippen LogP contribution in [0.2, 0.25) is 0 Å². The zero-order valence-corrected chi connectivity index (χ0v) is 9.39. The molecule has 0 unspecified atom stereocenters. The van der Waals surface area contributed by atoms with E-state index in [-0.39, 0.29) is 0 Å². The third-order valence-corrected chi connectivity index (χ3v) is 2.59. The summed E-state index contributed by atoms with van der Waals surface area (Å²) in [5.41, 5.74) is 9.11. The molecule has 0 aliphatic rings. The van der Waals surface area contributed by atoms with E-state index in [0.29, 0.717) is 6.54 Å². The van der Waals surface area contributed by atoms with Gasteiger partial charge in [0.1, 0.15) is 0 Å². The van der Waals surface area contributed by atoms with E-state index in [1.165, 1.54) is 11.3 Å². The van der Waals surface area contributed by atoms with Crippen LogP contribution in [0.25, 0.3) is 0 Å². The second-order valence-electron chi connectivity index (χ2n) is 3.86. The molecule has 3 nitrogen and oxygen atoms in total. The van der Waals surface area contributed by atoms with Gasteiger partial charge in [0, 0.05) is 31.4 Å². The molecule has 16 heavy (non-hydrogen) atoms. The summed E-state index contributed by atoms with van der Waals surface area (Å²) in [6.45, 7) is 1.41. The van der Waals surface area contributed by atoms with Crippen LogP contribution in [-0.4, -0.2) is 7.05 Å². The molecule has 0 fully saturated rings. The van der Waals surface area contributed by atoms with Crippen LogP contribution in [0.5, 0.6) is 0 Å². The van der Waals surface area contributed by atoms with Crippen molar-refractivity contribution in [3.8, 4) is 0 Å². The van der Waals surface area contributed by atoms with Gasteiger partial charge in [-0.1, -0.05) is 12.1 Å². The Bertz CT molecular complexity index is 437. The van der Waals surface area contributed by atoms with E-state index >= 15 is 0 Å². The molecule has 2 aromatic rings. The second-order valence-corrected chi connectivity index (χ2v) is 3.86. The van der Waals surface area contributed by atoms with Crippen molar-refractivity contribution < 1.29 is 4.42 Å². The molecule has 2 rings (SSSR count). The van der Waals surface area contributed by atoms with Gasteiger partial charge in [-0.15, -0.1) is 0 Å². The van der Waals surface area contributed by atoms with Crippen molar-refractivity contribution in [2.24, 2.45) is 5.73 Å². The number of hydrogen-bond donors (Lipinski definition) is 1. The van der Waals surface area contributed by atoms with Gasteiger partial charge in [-0.3, -0.25) is 0 Å². The lowest BCUT2D eigenvalue weighted by molar-refractivity contribution is 0.563. The van der Waals surface area contributed by atoms with Crippen molar-refractivity contribution in [1.82, 2.24) is 0 Å². The molecule has 0 spiro atoms. The van der Waals surface area contributed by atoms with Crippen LogP contribution in [0.15, 0.2) is 47.3 Å². The predicted molar refractivity (Wildman–Crippen MR) is 65.1 cm³/mol.